The number of aromatic nitrogens is 3. The van der Waals surface area contributed by atoms with Crippen molar-refractivity contribution in [3.05, 3.63) is 11.9 Å². The SMILES string of the molecule is CCC(CNC(C)(C)C)Cc1cn(C)nn1. The first kappa shape index (κ1) is 13.2. The highest BCUT2D eigenvalue weighted by molar-refractivity contribution is 4.94. The van der Waals surface area contributed by atoms with Crippen LogP contribution >= 0.6 is 0 Å². The van der Waals surface area contributed by atoms with Gasteiger partial charge in [0.2, 0.25) is 0 Å². The molecule has 1 unspecified atom stereocenters. The third-order valence-electron chi connectivity index (χ3n) is 2.65. The van der Waals surface area contributed by atoms with Crippen molar-refractivity contribution in [1.29, 1.82) is 0 Å². The van der Waals surface area contributed by atoms with Gasteiger partial charge in [-0.25, -0.2) is 0 Å². The van der Waals surface area contributed by atoms with E-state index in [1.165, 1.54) is 6.42 Å². The molecule has 1 aromatic heterocycles. The van der Waals surface area contributed by atoms with Crippen molar-refractivity contribution in [2.45, 2.75) is 46.1 Å². The maximum Gasteiger partial charge on any atom is 0.0830 e. The number of nitrogens with zero attached hydrogens (tertiary/aromatic N) is 3. The predicted octanol–water partition coefficient (Wildman–Crippen LogP) is 1.77. The molecule has 0 fully saturated rings. The summed E-state index contributed by atoms with van der Waals surface area (Å²) in [6, 6.07) is 0. The average Bonchev–Trinajstić information content (AvgIpc) is 2.57. The minimum absolute atomic E-state index is 0.190. The van der Waals surface area contributed by atoms with Crippen LogP contribution in [0.5, 0.6) is 0 Å². The highest BCUT2D eigenvalue weighted by atomic mass is 15.4. The van der Waals surface area contributed by atoms with Gasteiger partial charge in [-0.05, 0) is 39.7 Å². The van der Waals surface area contributed by atoms with Crippen LogP contribution in [0.4, 0.5) is 0 Å². The summed E-state index contributed by atoms with van der Waals surface area (Å²) in [5, 5.41) is 11.6. The maximum absolute atomic E-state index is 4.13. The van der Waals surface area contributed by atoms with Crippen LogP contribution in [0.2, 0.25) is 0 Å². The van der Waals surface area contributed by atoms with Crippen LogP contribution in [0.15, 0.2) is 6.20 Å². The normalized spacial score (nSPS) is 14.1. The van der Waals surface area contributed by atoms with Crippen LogP contribution in [-0.4, -0.2) is 27.1 Å². The molecule has 16 heavy (non-hydrogen) atoms. The summed E-state index contributed by atoms with van der Waals surface area (Å²) < 4.78 is 1.76. The second-order valence-corrected chi connectivity index (χ2v) is 5.49. The number of nitrogens with one attached hydrogen (secondary N) is 1. The van der Waals surface area contributed by atoms with E-state index < -0.39 is 0 Å². The smallest absolute Gasteiger partial charge is 0.0830 e. The van der Waals surface area contributed by atoms with Gasteiger partial charge < -0.3 is 5.32 Å². The summed E-state index contributed by atoms with van der Waals surface area (Å²) in [6.45, 7) is 9.86. The Labute approximate surface area is 98.4 Å². The van der Waals surface area contributed by atoms with E-state index in [1.54, 1.807) is 4.68 Å². The predicted molar refractivity (Wildman–Crippen MR) is 66.2 cm³/mol. The molecule has 0 bridgehead atoms. The van der Waals surface area contributed by atoms with E-state index in [-0.39, 0.29) is 5.54 Å². The lowest BCUT2D eigenvalue weighted by molar-refractivity contribution is 0.361. The van der Waals surface area contributed by atoms with Gasteiger partial charge in [0.05, 0.1) is 5.69 Å². The van der Waals surface area contributed by atoms with Crippen LogP contribution in [-0.2, 0) is 13.5 Å². The molecule has 1 atom stereocenters. The Morgan fingerprint density at radius 3 is 2.56 bits per heavy atom. The first-order valence-corrected chi connectivity index (χ1v) is 6.01. The van der Waals surface area contributed by atoms with Gasteiger partial charge in [-0.1, -0.05) is 18.6 Å². The van der Waals surface area contributed by atoms with Gasteiger partial charge in [0.25, 0.3) is 0 Å². The molecule has 0 saturated carbocycles. The molecule has 0 aliphatic heterocycles. The molecule has 1 rings (SSSR count). The molecule has 0 spiro atoms. The van der Waals surface area contributed by atoms with E-state index in [2.05, 4.69) is 43.3 Å². The van der Waals surface area contributed by atoms with Gasteiger partial charge in [0.15, 0.2) is 0 Å². The van der Waals surface area contributed by atoms with E-state index in [0.717, 1.165) is 18.7 Å². The van der Waals surface area contributed by atoms with Crippen LogP contribution in [0.3, 0.4) is 0 Å². The van der Waals surface area contributed by atoms with Crippen molar-refractivity contribution in [2.24, 2.45) is 13.0 Å². The van der Waals surface area contributed by atoms with Gasteiger partial charge in [0.1, 0.15) is 0 Å². The lowest BCUT2D eigenvalue weighted by Crippen LogP contribution is -2.39. The topological polar surface area (TPSA) is 42.7 Å². The quantitative estimate of drug-likeness (QED) is 0.829. The Balaban J connectivity index is 2.43. The van der Waals surface area contributed by atoms with Gasteiger partial charge in [-0.2, -0.15) is 0 Å². The van der Waals surface area contributed by atoms with Gasteiger partial charge in [0, 0.05) is 18.8 Å². The molecule has 0 radical (unpaired) electrons. The van der Waals surface area contributed by atoms with E-state index in [0.29, 0.717) is 5.92 Å². The molecule has 0 saturated heterocycles. The molecule has 0 aliphatic rings. The Morgan fingerprint density at radius 2 is 2.12 bits per heavy atom. The monoisotopic (exact) mass is 224 g/mol. The van der Waals surface area contributed by atoms with Crippen molar-refractivity contribution in [3.63, 3.8) is 0 Å². The molecule has 1 heterocycles. The molecule has 1 aromatic rings. The molecule has 0 aromatic carbocycles. The second kappa shape index (κ2) is 5.43. The number of hydrogen-bond acceptors (Lipinski definition) is 3. The highest BCUT2D eigenvalue weighted by Gasteiger charge is 2.14. The highest BCUT2D eigenvalue weighted by Crippen LogP contribution is 2.10. The molecule has 0 amide bonds. The van der Waals surface area contributed by atoms with Crippen LogP contribution in [0.25, 0.3) is 0 Å². The molecule has 1 N–H and O–H groups in total. The Hall–Kier alpha value is -0.900. The summed E-state index contributed by atoms with van der Waals surface area (Å²) in [4.78, 5) is 0. The third kappa shape index (κ3) is 4.75. The summed E-state index contributed by atoms with van der Waals surface area (Å²) in [5.74, 6) is 0.635. The first-order valence-electron chi connectivity index (χ1n) is 6.01. The van der Waals surface area contributed by atoms with E-state index in [9.17, 15) is 0 Å². The van der Waals surface area contributed by atoms with Crippen molar-refractivity contribution >= 4 is 0 Å². The summed E-state index contributed by atoms with van der Waals surface area (Å²) in [5.41, 5.74) is 1.28. The van der Waals surface area contributed by atoms with E-state index in [1.807, 2.05) is 13.2 Å². The van der Waals surface area contributed by atoms with Crippen LogP contribution in [0.1, 0.15) is 39.8 Å². The molecule has 4 heteroatoms. The van der Waals surface area contributed by atoms with Crippen LogP contribution in [0, 0.1) is 5.92 Å². The summed E-state index contributed by atoms with van der Waals surface area (Å²) in [6.07, 6.45) is 4.17. The average molecular weight is 224 g/mol. The zero-order chi connectivity index (χ0) is 12.2. The second-order valence-electron chi connectivity index (χ2n) is 5.49. The minimum atomic E-state index is 0.190. The Kier molecular flexibility index (Phi) is 4.47. The van der Waals surface area contributed by atoms with Crippen molar-refractivity contribution in [2.75, 3.05) is 6.54 Å². The lowest BCUT2D eigenvalue weighted by Gasteiger charge is -2.24. The third-order valence-corrected chi connectivity index (χ3v) is 2.65. The summed E-state index contributed by atoms with van der Waals surface area (Å²) >= 11 is 0. The largest absolute Gasteiger partial charge is 0.312 e. The Bertz CT molecular complexity index is 311. The molecule has 4 nitrogen and oxygen atoms in total. The zero-order valence-electron chi connectivity index (χ0n) is 11.1. The number of hydrogen-bond donors (Lipinski definition) is 1. The zero-order valence-corrected chi connectivity index (χ0v) is 11.1. The fraction of sp³-hybridized carbons (Fsp3) is 0.833. The number of rotatable bonds is 5. The molecule has 92 valence electrons. The minimum Gasteiger partial charge on any atom is -0.312 e. The van der Waals surface area contributed by atoms with Crippen molar-refractivity contribution in [3.8, 4) is 0 Å². The van der Waals surface area contributed by atoms with E-state index >= 15 is 0 Å². The molecule has 0 aliphatic carbocycles. The Morgan fingerprint density at radius 1 is 1.44 bits per heavy atom. The lowest BCUT2D eigenvalue weighted by atomic mass is 9.99. The van der Waals surface area contributed by atoms with Gasteiger partial charge >= 0.3 is 0 Å². The molecular formula is C12H24N4. The maximum atomic E-state index is 4.13. The first-order chi connectivity index (χ1) is 7.40. The van der Waals surface area contributed by atoms with Crippen LogP contribution < -0.4 is 5.32 Å². The van der Waals surface area contributed by atoms with Gasteiger partial charge in [-0.3, -0.25) is 4.68 Å². The van der Waals surface area contributed by atoms with E-state index in [4.69, 9.17) is 0 Å². The standard InChI is InChI=1S/C12H24N4/c1-6-10(8-13-12(2,3)4)7-11-9-16(5)15-14-11/h9-10,13H,6-8H2,1-5H3. The molecular weight excluding hydrogens is 200 g/mol. The van der Waals surface area contributed by atoms with Crippen molar-refractivity contribution < 1.29 is 0 Å². The van der Waals surface area contributed by atoms with Crippen molar-refractivity contribution in [1.82, 2.24) is 20.3 Å². The number of aryl methyl sites for hydroxylation is 1. The fourth-order valence-electron chi connectivity index (χ4n) is 1.60. The fourth-order valence-corrected chi connectivity index (χ4v) is 1.60. The van der Waals surface area contributed by atoms with Gasteiger partial charge in [-0.15, -0.1) is 5.10 Å². The summed E-state index contributed by atoms with van der Waals surface area (Å²) in [7, 11) is 1.91.